The highest BCUT2D eigenvalue weighted by molar-refractivity contribution is 6.14. The van der Waals surface area contributed by atoms with Crippen LogP contribution in [0.5, 0.6) is 5.88 Å². The first-order chi connectivity index (χ1) is 14.6. The highest BCUT2D eigenvalue weighted by atomic mass is 16.5. The van der Waals surface area contributed by atoms with Gasteiger partial charge in [0.2, 0.25) is 17.7 Å². The fourth-order valence-electron chi connectivity index (χ4n) is 4.57. The van der Waals surface area contributed by atoms with E-state index in [2.05, 4.69) is 16.3 Å². The number of nitrogens with two attached hydrogens (primary N) is 1. The van der Waals surface area contributed by atoms with Gasteiger partial charge in [0.05, 0.1) is 5.56 Å². The monoisotopic (exact) mass is 397 g/mol. The van der Waals surface area contributed by atoms with Gasteiger partial charge in [-0.3, -0.25) is 9.89 Å². The first-order valence-electron chi connectivity index (χ1n) is 9.68. The zero-order chi connectivity index (χ0) is 20.9. The molecule has 148 valence electrons. The van der Waals surface area contributed by atoms with Crippen molar-refractivity contribution in [3.05, 3.63) is 88.4 Å². The number of carbonyl (C=O) groups excluding carboxylic acids is 1. The predicted molar refractivity (Wildman–Crippen MR) is 111 cm³/mol. The fourth-order valence-corrected chi connectivity index (χ4v) is 4.57. The van der Waals surface area contributed by atoms with Crippen molar-refractivity contribution in [1.29, 1.82) is 5.26 Å². The Balaban J connectivity index is 1.70. The van der Waals surface area contributed by atoms with Crippen LogP contribution >= 0.6 is 0 Å². The van der Waals surface area contributed by atoms with Crippen molar-refractivity contribution in [1.82, 2.24) is 10.2 Å². The van der Waals surface area contributed by atoms with Crippen LogP contribution in [0.4, 0.5) is 5.69 Å². The SMILES string of the molecule is Cc1[nH]nc2c1C1(C(=O)N(CCc3ccccc3)c3ccccc31)C(C#N)=C(N)O2. The van der Waals surface area contributed by atoms with Crippen LogP contribution in [-0.2, 0) is 16.6 Å². The quantitative estimate of drug-likeness (QED) is 0.706. The first kappa shape index (κ1) is 18.0. The molecule has 1 unspecified atom stereocenters. The first-order valence-corrected chi connectivity index (χ1v) is 9.68. The smallest absolute Gasteiger partial charge is 0.247 e. The average Bonchev–Trinajstić information content (AvgIpc) is 3.24. The number of aromatic nitrogens is 2. The molecule has 1 amide bonds. The topological polar surface area (TPSA) is 108 Å². The van der Waals surface area contributed by atoms with Crippen molar-refractivity contribution in [2.45, 2.75) is 18.8 Å². The number of hydrogen-bond donors (Lipinski definition) is 2. The van der Waals surface area contributed by atoms with Crippen molar-refractivity contribution in [2.24, 2.45) is 5.73 Å². The zero-order valence-corrected chi connectivity index (χ0v) is 16.3. The number of carbonyl (C=O) groups is 1. The normalized spacial score (nSPS) is 19.5. The molecule has 0 aliphatic carbocycles. The van der Waals surface area contributed by atoms with Crippen LogP contribution in [0, 0.1) is 18.3 Å². The molecule has 0 saturated heterocycles. The third kappa shape index (κ3) is 2.25. The van der Waals surface area contributed by atoms with Gasteiger partial charge in [-0.25, -0.2) is 0 Å². The third-order valence-electron chi connectivity index (χ3n) is 5.86. The number of anilines is 1. The Labute approximate surface area is 173 Å². The van der Waals surface area contributed by atoms with Crippen molar-refractivity contribution in [3.63, 3.8) is 0 Å². The Hall–Kier alpha value is -4.05. The molecule has 0 saturated carbocycles. The van der Waals surface area contributed by atoms with Crippen molar-refractivity contribution in [2.75, 3.05) is 11.4 Å². The summed E-state index contributed by atoms with van der Waals surface area (Å²) in [6, 6.07) is 19.7. The summed E-state index contributed by atoms with van der Waals surface area (Å²) in [4.78, 5) is 15.8. The second-order valence-electron chi connectivity index (χ2n) is 7.44. The van der Waals surface area contributed by atoms with Gasteiger partial charge < -0.3 is 15.4 Å². The lowest BCUT2D eigenvalue weighted by atomic mass is 9.69. The molecule has 30 heavy (non-hydrogen) atoms. The van der Waals surface area contributed by atoms with Gasteiger partial charge in [0.25, 0.3) is 0 Å². The van der Waals surface area contributed by atoms with Gasteiger partial charge in [-0.05, 0) is 25.0 Å². The largest absolute Gasteiger partial charge is 0.420 e. The summed E-state index contributed by atoms with van der Waals surface area (Å²) >= 11 is 0. The summed E-state index contributed by atoms with van der Waals surface area (Å²) < 4.78 is 5.59. The summed E-state index contributed by atoms with van der Waals surface area (Å²) in [6.07, 6.45) is 0.686. The highest BCUT2D eigenvalue weighted by Gasteiger charge is 2.60. The minimum atomic E-state index is -1.36. The highest BCUT2D eigenvalue weighted by Crippen LogP contribution is 2.55. The van der Waals surface area contributed by atoms with Gasteiger partial charge in [0, 0.05) is 23.5 Å². The van der Waals surface area contributed by atoms with Crippen molar-refractivity contribution < 1.29 is 9.53 Å². The van der Waals surface area contributed by atoms with Gasteiger partial charge in [-0.2, -0.15) is 5.26 Å². The average molecular weight is 397 g/mol. The molecule has 0 radical (unpaired) electrons. The van der Waals surface area contributed by atoms with Gasteiger partial charge >= 0.3 is 0 Å². The molecule has 1 aromatic heterocycles. The number of para-hydroxylation sites is 1. The van der Waals surface area contributed by atoms with E-state index < -0.39 is 5.41 Å². The summed E-state index contributed by atoms with van der Waals surface area (Å²) in [5, 5.41) is 17.1. The Morgan fingerprint density at radius 1 is 1.20 bits per heavy atom. The third-order valence-corrected chi connectivity index (χ3v) is 5.86. The minimum Gasteiger partial charge on any atom is -0.420 e. The standard InChI is InChI=1S/C23H19N5O2/c1-14-19-21(27-26-14)30-20(25)17(13-24)23(19)16-9-5-6-10-18(16)28(22(23)29)12-11-15-7-3-2-4-8-15/h2-10H,11-12,25H2,1H3,(H,26,27). The summed E-state index contributed by atoms with van der Waals surface area (Å²) in [7, 11) is 0. The Morgan fingerprint density at radius 2 is 1.93 bits per heavy atom. The van der Waals surface area contributed by atoms with E-state index in [4.69, 9.17) is 10.5 Å². The Bertz CT molecular complexity index is 1240. The van der Waals surface area contributed by atoms with Crippen LogP contribution in [0.3, 0.4) is 0 Å². The van der Waals surface area contributed by atoms with Crippen LogP contribution in [0.1, 0.15) is 22.4 Å². The molecule has 3 heterocycles. The molecular weight excluding hydrogens is 378 g/mol. The molecule has 3 N–H and O–H groups in total. The van der Waals surface area contributed by atoms with Crippen LogP contribution in [0.2, 0.25) is 0 Å². The van der Waals surface area contributed by atoms with Gasteiger partial charge in [0.1, 0.15) is 17.1 Å². The Morgan fingerprint density at radius 3 is 2.70 bits per heavy atom. The van der Waals surface area contributed by atoms with E-state index in [1.165, 1.54) is 0 Å². The number of amides is 1. The molecular formula is C23H19N5O2. The van der Waals surface area contributed by atoms with E-state index in [9.17, 15) is 10.1 Å². The summed E-state index contributed by atoms with van der Waals surface area (Å²) in [5.41, 5.74) is 8.68. The number of ether oxygens (including phenoxy) is 1. The molecule has 2 aromatic carbocycles. The van der Waals surface area contributed by atoms with Crippen LogP contribution in [-0.4, -0.2) is 22.6 Å². The molecule has 7 heteroatoms. The molecule has 2 aliphatic heterocycles. The fraction of sp³-hybridized carbons (Fsp3) is 0.174. The second-order valence-corrected chi connectivity index (χ2v) is 7.44. The number of aromatic amines is 1. The number of nitrogens with one attached hydrogen (secondary N) is 1. The lowest BCUT2D eigenvalue weighted by molar-refractivity contribution is -0.121. The number of fused-ring (bicyclic) bond motifs is 4. The van der Waals surface area contributed by atoms with E-state index in [1.807, 2.05) is 61.5 Å². The molecule has 3 aromatic rings. The summed E-state index contributed by atoms with van der Waals surface area (Å²) in [5.74, 6) is -0.0743. The van der Waals surface area contributed by atoms with E-state index in [-0.39, 0.29) is 23.2 Å². The van der Waals surface area contributed by atoms with Crippen LogP contribution in [0.25, 0.3) is 0 Å². The molecule has 1 spiro atoms. The van der Waals surface area contributed by atoms with Crippen molar-refractivity contribution in [3.8, 4) is 11.9 Å². The molecule has 7 nitrogen and oxygen atoms in total. The molecule has 0 bridgehead atoms. The number of aryl methyl sites for hydroxylation is 1. The number of hydrogen-bond acceptors (Lipinski definition) is 5. The summed E-state index contributed by atoms with van der Waals surface area (Å²) in [6.45, 7) is 2.29. The van der Waals surface area contributed by atoms with Crippen LogP contribution < -0.4 is 15.4 Å². The second kappa shape index (κ2) is 6.49. The number of benzene rings is 2. The van der Waals surface area contributed by atoms with Gasteiger partial charge in [0.15, 0.2) is 0 Å². The molecule has 1 atom stereocenters. The molecule has 2 aliphatic rings. The van der Waals surface area contributed by atoms with Crippen LogP contribution in [0.15, 0.2) is 66.1 Å². The minimum absolute atomic E-state index is 0.0930. The number of nitrogens with zero attached hydrogens (tertiary/aromatic N) is 3. The molecule has 0 fully saturated rings. The van der Waals surface area contributed by atoms with E-state index in [0.717, 1.165) is 16.8 Å². The maximum atomic E-state index is 14.1. The maximum absolute atomic E-state index is 14.1. The van der Waals surface area contributed by atoms with E-state index in [0.29, 0.717) is 24.2 Å². The number of H-pyrrole nitrogens is 1. The van der Waals surface area contributed by atoms with E-state index in [1.54, 1.807) is 4.90 Å². The lowest BCUT2D eigenvalue weighted by Crippen LogP contribution is -2.46. The van der Waals surface area contributed by atoms with E-state index >= 15 is 0 Å². The lowest BCUT2D eigenvalue weighted by Gasteiger charge is -2.32. The number of rotatable bonds is 3. The zero-order valence-electron chi connectivity index (χ0n) is 16.3. The van der Waals surface area contributed by atoms with Gasteiger partial charge in [-0.15, -0.1) is 5.10 Å². The molecule has 5 rings (SSSR count). The van der Waals surface area contributed by atoms with Gasteiger partial charge in [-0.1, -0.05) is 48.5 Å². The van der Waals surface area contributed by atoms with Crippen molar-refractivity contribution >= 4 is 11.6 Å². The number of nitriles is 1. The maximum Gasteiger partial charge on any atom is 0.247 e. The Kier molecular flexibility index (Phi) is 3.90. The predicted octanol–water partition coefficient (Wildman–Crippen LogP) is 2.68.